The number of nitrogens with zero attached hydrogens (tertiary/aromatic N) is 3. The first-order valence-corrected chi connectivity index (χ1v) is 6.97. The average molecular weight is 367 g/mol. The SMILES string of the molecule is N#CC(C#N)=C1CCN(c2cccc(Br)c2Br)C1. The monoisotopic (exact) mass is 365 g/mol. The lowest BCUT2D eigenvalue weighted by atomic mass is 10.1. The molecule has 1 aliphatic heterocycles. The zero-order chi connectivity index (χ0) is 13.1. The van der Waals surface area contributed by atoms with E-state index in [9.17, 15) is 0 Å². The van der Waals surface area contributed by atoms with Crippen molar-refractivity contribution in [2.75, 3.05) is 18.0 Å². The number of allylic oxidation sites excluding steroid dienone is 1. The van der Waals surface area contributed by atoms with E-state index in [1.54, 1.807) is 0 Å². The minimum atomic E-state index is 0.253. The Morgan fingerprint density at radius 2 is 1.94 bits per heavy atom. The molecule has 0 radical (unpaired) electrons. The number of anilines is 1. The maximum atomic E-state index is 8.88. The highest BCUT2D eigenvalue weighted by atomic mass is 79.9. The number of benzene rings is 1. The van der Waals surface area contributed by atoms with Crippen LogP contribution in [0.5, 0.6) is 0 Å². The maximum Gasteiger partial charge on any atom is 0.130 e. The van der Waals surface area contributed by atoms with E-state index < -0.39 is 0 Å². The van der Waals surface area contributed by atoms with Gasteiger partial charge in [0.25, 0.3) is 0 Å². The van der Waals surface area contributed by atoms with Crippen LogP contribution in [0.4, 0.5) is 5.69 Å². The van der Waals surface area contributed by atoms with Gasteiger partial charge in [-0.25, -0.2) is 0 Å². The minimum Gasteiger partial charge on any atom is -0.366 e. The molecule has 1 aromatic rings. The normalized spacial score (nSPS) is 14.2. The van der Waals surface area contributed by atoms with Crippen molar-refractivity contribution in [2.45, 2.75) is 6.42 Å². The first kappa shape index (κ1) is 13.1. The van der Waals surface area contributed by atoms with Crippen molar-refractivity contribution in [3.8, 4) is 12.1 Å². The molecular weight excluding hydrogens is 358 g/mol. The third-order valence-corrected chi connectivity index (χ3v) is 4.94. The number of halogens is 2. The van der Waals surface area contributed by atoms with E-state index in [4.69, 9.17) is 10.5 Å². The molecule has 0 spiro atoms. The molecule has 1 aromatic carbocycles. The van der Waals surface area contributed by atoms with Gasteiger partial charge in [-0.15, -0.1) is 0 Å². The number of hydrogen-bond donors (Lipinski definition) is 0. The lowest BCUT2D eigenvalue weighted by Crippen LogP contribution is -2.18. The van der Waals surface area contributed by atoms with E-state index in [-0.39, 0.29) is 5.57 Å². The Hall–Kier alpha value is -1.30. The van der Waals surface area contributed by atoms with Crippen molar-refractivity contribution in [1.82, 2.24) is 0 Å². The third kappa shape index (κ3) is 2.43. The van der Waals surface area contributed by atoms with Gasteiger partial charge in [-0.05, 0) is 56.0 Å². The second-order valence-electron chi connectivity index (χ2n) is 3.95. The van der Waals surface area contributed by atoms with E-state index in [0.717, 1.165) is 33.2 Å². The summed E-state index contributed by atoms with van der Waals surface area (Å²) < 4.78 is 2.00. The molecule has 90 valence electrons. The van der Waals surface area contributed by atoms with Gasteiger partial charge in [-0.1, -0.05) is 6.07 Å². The van der Waals surface area contributed by atoms with Crippen LogP contribution in [0.1, 0.15) is 6.42 Å². The summed E-state index contributed by atoms with van der Waals surface area (Å²) in [4.78, 5) is 2.17. The van der Waals surface area contributed by atoms with Gasteiger partial charge in [0.15, 0.2) is 0 Å². The second kappa shape index (κ2) is 5.56. The predicted molar refractivity (Wildman–Crippen MR) is 76.9 cm³/mol. The predicted octanol–water partition coefficient (Wildman–Crippen LogP) is 3.77. The lowest BCUT2D eigenvalue weighted by molar-refractivity contribution is 0.964. The van der Waals surface area contributed by atoms with E-state index in [0.29, 0.717) is 6.54 Å². The van der Waals surface area contributed by atoms with Crippen LogP contribution in [0.25, 0.3) is 0 Å². The Labute approximate surface area is 123 Å². The summed E-state index contributed by atoms with van der Waals surface area (Å²) in [5, 5.41) is 17.8. The topological polar surface area (TPSA) is 50.8 Å². The third-order valence-electron chi connectivity index (χ3n) is 2.91. The molecule has 1 saturated heterocycles. The molecule has 3 nitrogen and oxygen atoms in total. The first-order valence-electron chi connectivity index (χ1n) is 5.38. The van der Waals surface area contributed by atoms with Crippen LogP contribution < -0.4 is 4.90 Å². The molecule has 1 aliphatic rings. The zero-order valence-corrected chi connectivity index (χ0v) is 12.6. The number of rotatable bonds is 1. The molecule has 0 bridgehead atoms. The van der Waals surface area contributed by atoms with Crippen LogP contribution in [0.15, 0.2) is 38.3 Å². The standard InChI is InChI=1S/C13H9Br2N3/c14-11-2-1-3-12(13(11)15)18-5-4-9(8-18)10(6-16)7-17/h1-3H,4-5,8H2. The first-order chi connectivity index (χ1) is 8.67. The fraction of sp³-hybridized carbons (Fsp3) is 0.231. The highest BCUT2D eigenvalue weighted by Gasteiger charge is 2.22. The highest BCUT2D eigenvalue weighted by molar-refractivity contribution is 9.13. The average Bonchev–Trinajstić information content (AvgIpc) is 2.84. The van der Waals surface area contributed by atoms with E-state index in [1.165, 1.54) is 0 Å². The Kier molecular flexibility index (Phi) is 4.06. The van der Waals surface area contributed by atoms with Crippen LogP contribution in [-0.2, 0) is 0 Å². The summed E-state index contributed by atoms with van der Waals surface area (Å²) in [6.07, 6.45) is 0.773. The van der Waals surface area contributed by atoms with Gasteiger partial charge in [0.2, 0.25) is 0 Å². The summed E-state index contributed by atoms with van der Waals surface area (Å²) in [7, 11) is 0. The zero-order valence-electron chi connectivity index (χ0n) is 9.45. The summed E-state index contributed by atoms with van der Waals surface area (Å²) in [6.45, 7) is 1.47. The molecule has 0 amide bonds. The molecule has 18 heavy (non-hydrogen) atoms. The molecule has 2 rings (SSSR count). The van der Waals surface area contributed by atoms with Crippen molar-refractivity contribution in [3.63, 3.8) is 0 Å². The summed E-state index contributed by atoms with van der Waals surface area (Å²) in [5.41, 5.74) is 2.25. The maximum absolute atomic E-state index is 8.88. The summed E-state index contributed by atoms with van der Waals surface area (Å²) >= 11 is 7.02. The highest BCUT2D eigenvalue weighted by Crippen LogP contribution is 2.35. The van der Waals surface area contributed by atoms with Crippen molar-refractivity contribution < 1.29 is 0 Å². The van der Waals surface area contributed by atoms with Crippen LogP contribution in [0.2, 0.25) is 0 Å². The summed E-state index contributed by atoms with van der Waals surface area (Å²) in [5.74, 6) is 0. The lowest BCUT2D eigenvalue weighted by Gasteiger charge is -2.19. The molecule has 5 heteroatoms. The van der Waals surface area contributed by atoms with Gasteiger partial charge < -0.3 is 4.90 Å². The van der Waals surface area contributed by atoms with Crippen LogP contribution in [-0.4, -0.2) is 13.1 Å². The van der Waals surface area contributed by atoms with Crippen LogP contribution >= 0.6 is 31.9 Å². The Morgan fingerprint density at radius 1 is 1.22 bits per heavy atom. The van der Waals surface area contributed by atoms with Gasteiger partial charge in [0.05, 0.1) is 10.2 Å². The van der Waals surface area contributed by atoms with Crippen molar-refractivity contribution >= 4 is 37.5 Å². The quantitative estimate of drug-likeness (QED) is 0.711. The van der Waals surface area contributed by atoms with Crippen molar-refractivity contribution in [3.05, 3.63) is 38.3 Å². The Balaban J connectivity index is 2.30. The fourth-order valence-corrected chi connectivity index (χ4v) is 2.86. The second-order valence-corrected chi connectivity index (χ2v) is 5.59. The molecular formula is C13H9Br2N3. The van der Waals surface area contributed by atoms with E-state index in [1.807, 2.05) is 30.3 Å². The summed E-state index contributed by atoms with van der Waals surface area (Å²) in [6, 6.07) is 9.89. The fourth-order valence-electron chi connectivity index (χ4n) is 1.99. The largest absolute Gasteiger partial charge is 0.366 e. The van der Waals surface area contributed by atoms with Crippen molar-refractivity contribution in [2.24, 2.45) is 0 Å². The molecule has 0 saturated carbocycles. The van der Waals surface area contributed by atoms with Crippen LogP contribution in [0, 0.1) is 22.7 Å². The minimum absolute atomic E-state index is 0.253. The number of hydrogen-bond acceptors (Lipinski definition) is 3. The van der Waals surface area contributed by atoms with Crippen molar-refractivity contribution in [1.29, 1.82) is 10.5 Å². The Bertz CT molecular complexity index is 577. The van der Waals surface area contributed by atoms with Gasteiger partial charge in [0, 0.05) is 17.6 Å². The number of nitriles is 2. The smallest absolute Gasteiger partial charge is 0.130 e. The molecule has 0 N–H and O–H groups in total. The molecule has 0 aromatic heterocycles. The van der Waals surface area contributed by atoms with Gasteiger partial charge in [0.1, 0.15) is 17.7 Å². The van der Waals surface area contributed by atoms with Gasteiger partial charge in [-0.3, -0.25) is 0 Å². The molecule has 1 heterocycles. The molecule has 0 unspecified atom stereocenters. The Morgan fingerprint density at radius 3 is 2.61 bits per heavy atom. The van der Waals surface area contributed by atoms with Gasteiger partial charge >= 0.3 is 0 Å². The molecule has 0 aliphatic carbocycles. The molecule has 0 atom stereocenters. The van der Waals surface area contributed by atoms with E-state index in [2.05, 4.69) is 36.8 Å². The molecule has 1 fully saturated rings. The van der Waals surface area contributed by atoms with E-state index >= 15 is 0 Å². The van der Waals surface area contributed by atoms with Gasteiger partial charge in [-0.2, -0.15) is 10.5 Å². The van der Waals surface area contributed by atoms with Crippen LogP contribution in [0.3, 0.4) is 0 Å².